The van der Waals surface area contributed by atoms with Crippen molar-refractivity contribution in [2.75, 3.05) is 19.8 Å². The maximum absolute atomic E-state index is 12.7. The van der Waals surface area contributed by atoms with E-state index in [9.17, 15) is 14.4 Å². The van der Waals surface area contributed by atoms with E-state index in [0.717, 1.165) is 18.8 Å². The third-order valence-electron chi connectivity index (χ3n) is 5.00. The van der Waals surface area contributed by atoms with E-state index in [1.807, 2.05) is 17.9 Å². The summed E-state index contributed by atoms with van der Waals surface area (Å²) in [5, 5.41) is 5.37. The Balaban J connectivity index is 1.95. The van der Waals surface area contributed by atoms with E-state index in [-0.39, 0.29) is 12.8 Å². The van der Waals surface area contributed by atoms with Gasteiger partial charge in [-0.2, -0.15) is 4.59 Å². The molecule has 1 fully saturated rings. The molecule has 8 heteroatoms. The van der Waals surface area contributed by atoms with Crippen LogP contribution >= 0.6 is 0 Å². The third-order valence-corrected chi connectivity index (χ3v) is 5.00. The van der Waals surface area contributed by atoms with Crippen LogP contribution in [-0.4, -0.2) is 57.9 Å². The summed E-state index contributed by atoms with van der Waals surface area (Å²) in [6.07, 6.45) is 2.04. The van der Waals surface area contributed by atoms with Crippen molar-refractivity contribution in [2.24, 2.45) is 5.10 Å². The highest BCUT2D eigenvalue weighted by atomic mass is 16.7. The molecule has 0 aliphatic carbocycles. The topological polar surface area (TPSA) is 79.3 Å². The van der Waals surface area contributed by atoms with Crippen LogP contribution in [0.3, 0.4) is 0 Å². The molecule has 0 saturated carbocycles. The summed E-state index contributed by atoms with van der Waals surface area (Å²) in [7, 11) is 0. The van der Waals surface area contributed by atoms with Crippen LogP contribution in [-0.2, 0) is 19.2 Å². The first-order chi connectivity index (χ1) is 11.8. The fourth-order valence-electron chi connectivity index (χ4n) is 3.32. The number of hydroxylamine groups is 2. The molecule has 0 aromatic heterocycles. The third kappa shape index (κ3) is 2.76. The summed E-state index contributed by atoms with van der Waals surface area (Å²) < 4.78 is 0.492. The Bertz CT molecular complexity index is 730. The molecular weight excluding hydrogens is 324 g/mol. The SMILES string of the molecule is CC[N+]1(CC)CN2C(C)=CC(C)=C(C(=O)ON3C(=O)CCC3=O)C2=N1. The first-order valence-corrected chi connectivity index (χ1v) is 8.53. The number of imide groups is 1. The lowest BCUT2D eigenvalue weighted by Crippen LogP contribution is -2.45. The normalized spacial score (nSPS) is 22.2. The van der Waals surface area contributed by atoms with Gasteiger partial charge in [0, 0.05) is 18.5 Å². The summed E-state index contributed by atoms with van der Waals surface area (Å²) in [4.78, 5) is 43.3. The summed E-state index contributed by atoms with van der Waals surface area (Å²) >= 11 is 0. The molecule has 3 rings (SSSR count). The quantitative estimate of drug-likeness (QED) is 0.565. The fourth-order valence-corrected chi connectivity index (χ4v) is 3.32. The second-order valence-corrected chi connectivity index (χ2v) is 6.52. The molecule has 134 valence electrons. The Labute approximate surface area is 146 Å². The van der Waals surface area contributed by atoms with Crippen LogP contribution in [0.2, 0.25) is 0 Å². The van der Waals surface area contributed by atoms with Crippen LogP contribution in [0.4, 0.5) is 0 Å². The minimum atomic E-state index is -0.721. The highest BCUT2D eigenvalue weighted by molar-refractivity contribution is 6.21. The minimum Gasteiger partial charge on any atom is -0.325 e. The Hall–Kier alpha value is -2.48. The van der Waals surface area contributed by atoms with Gasteiger partial charge in [-0.3, -0.25) is 14.5 Å². The molecule has 0 atom stereocenters. The van der Waals surface area contributed by atoms with Gasteiger partial charge in [0.1, 0.15) is 18.7 Å². The van der Waals surface area contributed by atoms with E-state index < -0.39 is 17.8 Å². The molecule has 3 aliphatic heterocycles. The maximum atomic E-state index is 12.7. The zero-order valence-electron chi connectivity index (χ0n) is 15.0. The minimum absolute atomic E-state index is 0.0713. The number of rotatable bonds is 4. The van der Waals surface area contributed by atoms with Gasteiger partial charge in [-0.05, 0) is 39.3 Å². The van der Waals surface area contributed by atoms with E-state index in [1.165, 1.54) is 0 Å². The van der Waals surface area contributed by atoms with E-state index in [1.54, 1.807) is 6.92 Å². The highest BCUT2D eigenvalue weighted by Crippen LogP contribution is 2.32. The van der Waals surface area contributed by atoms with Gasteiger partial charge in [-0.25, -0.2) is 4.79 Å². The fraction of sp³-hybridized carbons (Fsp3) is 0.529. The molecule has 0 aromatic carbocycles. The molecule has 1 saturated heterocycles. The molecular formula is C17H23N4O4+. The predicted molar refractivity (Wildman–Crippen MR) is 89.1 cm³/mol. The first-order valence-electron chi connectivity index (χ1n) is 8.53. The van der Waals surface area contributed by atoms with Gasteiger partial charge in [0.05, 0.1) is 0 Å². The van der Waals surface area contributed by atoms with Crippen LogP contribution in [0.5, 0.6) is 0 Å². The van der Waals surface area contributed by atoms with Gasteiger partial charge in [-0.15, -0.1) is 5.06 Å². The second kappa shape index (κ2) is 6.11. The monoisotopic (exact) mass is 347 g/mol. The largest absolute Gasteiger partial charge is 0.368 e. The number of hydrogen-bond acceptors (Lipinski definition) is 6. The number of amides is 2. The second-order valence-electron chi connectivity index (χ2n) is 6.52. The molecule has 3 heterocycles. The van der Waals surface area contributed by atoms with Gasteiger partial charge in [0.15, 0.2) is 6.67 Å². The van der Waals surface area contributed by atoms with Crippen molar-refractivity contribution < 1.29 is 23.8 Å². The van der Waals surface area contributed by atoms with Crippen molar-refractivity contribution in [3.8, 4) is 0 Å². The first kappa shape index (κ1) is 17.3. The van der Waals surface area contributed by atoms with Crippen LogP contribution < -0.4 is 0 Å². The van der Waals surface area contributed by atoms with Gasteiger partial charge in [0.2, 0.25) is 5.84 Å². The number of amidine groups is 1. The van der Waals surface area contributed by atoms with Crippen molar-refractivity contribution >= 4 is 23.6 Å². The molecule has 0 aromatic rings. The van der Waals surface area contributed by atoms with Crippen molar-refractivity contribution in [1.82, 2.24) is 9.96 Å². The summed E-state index contributed by atoms with van der Waals surface area (Å²) in [5.74, 6) is -1.15. The summed E-state index contributed by atoms with van der Waals surface area (Å²) in [5.41, 5.74) is 2.02. The Morgan fingerprint density at radius 1 is 1.20 bits per heavy atom. The number of fused-ring (bicyclic) bond motifs is 1. The molecule has 0 N–H and O–H groups in total. The molecule has 0 unspecified atom stereocenters. The Morgan fingerprint density at radius 2 is 1.80 bits per heavy atom. The summed E-state index contributed by atoms with van der Waals surface area (Å²) in [6, 6.07) is 0. The van der Waals surface area contributed by atoms with E-state index in [0.29, 0.717) is 33.3 Å². The van der Waals surface area contributed by atoms with Gasteiger partial charge < -0.3 is 4.84 Å². The van der Waals surface area contributed by atoms with Crippen molar-refractivity contribution in [3.05, 3.63) is 22.9 Å². The molecule has 0 bridgehead atoms. The lowest BCUT2D eigenvalue weighted by Gasteiger charge is -2.28. The number of hydrogen-bond donors (Lipinski definition) is 0. The van der Waals surface area contributed by atoms with Crippen molar-refractivity contribution in [2.45, 2.75) is 40.5 Å². The van der Waals surface area contributed by atoms with Crippen molar-refractivity contribution in [3.63, 3.8) is 0 Å². The molecule has 25 heavy (non-hydrogen) atoms. The number of allylic oxidation sites excluding steroid dienone is 3. The standard InChI is InChI=1S/C17H23N4O4/c1-5-21(6-2)10-19-12(4)9-11(3)15(16(19)18-21)17(24)25-20-13(22)7-8-14(20)23/h9H,5-8,10H2,1-4H3/q+1. The highest BCUT2D eigenvalue weighted by Gasteiger charge is 2.44. The van der Waals surface area contributed by atoms with Crippen LogP contribution in [0, 0.1) is 0 Å². The van der Waals surface area contributed by atoms with Crippen LogP contribution in [0.25, 0.3) is 0 Å². The smallest absolute Gasteiger partial charge is 0.325 e. The predicted octanol–water partition coefficient (Wildman–Crippen LogP) is 1.27. The van der Waals surface area contributed by atoms with Gasteiger partial charge in [0.25, 0.3) is 11.8 Å². The summed E-state index contributed by atoms with van der Waals surface area (Å²) in [6.45, 7) is 10.1. The molecule has 0 spiro atoms. The lowest BCUT2D eigenvalue weighted by atomic mass is 10.0. The molecule has 3 aliphatic rings. The molecule has 8 nitrogen and oxygen atoms in total. The Kier molecular flexibility index (Phi) is 4.24. The van der Waals surface area contributed by atoms with E-state index in [2.05, 4.69) is 13.8 Å². The van der Waals surface area contributed by atoms with Crippen LogP contribution in [0.1, 0.15) is 40.5 Å². The average Bonchev–Trinajstić information content (AvgIpc) is 3.11. The van der Waals surface area contributed by atoms with Crippen LogP contribution in [0.15, 0.2) is 28.0 Å². The van der Waals surface area contributed by atoms with Crippen molar-refractivity contribution in [1.29, 1.82) is 0 Å². The average molecular weight is 347 g/mol. The zero-order valence-corrected chi connectivity index (χ0v) is 15.0. The number of carbonyl (C=O) groups excluding carboxylic acids is 3. The van der Waals surface area contributed by atoms with E-state index >= 15 is 0 Å². The van der Waals surface area contributed by atoms with Gasteiger partial charge >= 0.3 is 5.97 Å². The van der Waals surface area contributed by atoms with Gasteiger partial charge in [-0.1, -0.05) is 5.10 Å². The number of nitrogens with zero attached hydrogens (tertiary/aromatic N) is 4. The maximum Gasteiger partial charge on any atom is 0.368 e. The number of quaternary nitrogens is 1. The number of carbonyl (C=O) groups is 3. The molecule has 0 radical (unpaired) electrons. The lowest BCUT2D eigenvalue weighted by molar-refractivity contribution is -0.931. The molecule has 2 amide bonds. The Morgan fingerprint density at radius 3 is 2.36 bits per heavy atom. The zero-order chi connectivity index (χ0) is 18.4. The van der Waals surface area contributed by atoms with E-state index in [4.69, 9.17) is 9.94 Å².